The summed E-state index contributed by atoms with van der Waals surface area (Å²) in [5.74, 6) is -0.290. The number of hydrogen-bond donors (Lipinski definition) is 1. The van der Waals surface area contributed by atoms with E-state index in [9.17, 15) is 14.9 Å². The van der Waals surface area contributed by atoms with E-state index in [4.69, 9.17) is 0 Å². The Hall–Kier alpha value is -2.89. The van der Waals surface area contributed by atoms with Crippen LogP contribution in [0.25, 0.3) is 0 Å². The van der Waals surface area contributed by atoms with Crippen molar-refractivity contribution < 1.29 is 9.72 Å². The summed E-state index contributed by atoms with van der Waals surface area (Å²) in [6.07, 6.45) is 0. The van der Waals surface area contributed by atoms with E-state index in [1.165, 1.54) is 17.7 Å². The van der Waals surface area contributed by atoms with E-state index >= 15 is 0 Å². The van der Waals surface area contributed by atoms with Gasteiger partial charge in [0.1, 0.15) is 0 Å². The molecule has 0 aromatic heterocycles. The van der Waals surface area contributed by atoms with Crippen LogP contribution in [0.4, 0.5) is 11.4 Å². The van der Waals surface area contributed by atoms with Crippen molar-refractivity contribution >= 4 is 17.3 Å². The lowest BCUT2D eigenvalue weighted by Crippen LogP contribution is -2.35. The van der Waals surface area contributed by atoms with Gasteiger partial charge in [0.05, 0.1) is 4.92 Å². The first kappa shape index (κ1) is 18.4. The van der Waals surface area contributed by atoms with Gasteiger partial charge in [0.15, 0.2) is 0 Å². The molecule has 0 saturated carbocycles. The number of benzene rings is 2. The van der Waals surface area contributed by atoms with Crippen LogP contribution in [0.5, 0.6) is 0 Å². The van der Waals surface area contributed by atoms with E-state index in [-0.39, 0.29) is 11.6 Å². The van der Waals surface area contributed by atoms with Crippen LogP contribution in [-0.2, 0) is 0 Å². The van der Waals surface area contributed by atoms with Crippen LogP contribution in [0.1, 0.15) is 28.4 Å². The highest BCUT2D eigenvalue weighted by molar-refractivity contribution is 5.96. The predicted octanol–water partition coefficient (Wildman–Crippen LogP) is 3.47. The van der Waals surface area contributed by atoms with Crippen LogP contribution in [0.3, 0.4) is 0 Å². The Labute approximate surface area is 147 Å². The number of nitrogens with one attached hydrogen (secondary N) is 1. The second kappa shape index (κ2) is 8.28. The van der Waals surface area contributed by atoms with Crippen molar-refractivity contribution in [1.29, 1.82) is 0 Å². The molecular formula is C19H23N3O3. The Bertz CT molecular complexity index is 774. The number of rotatable bonds is 7. The first-order valence-electron chi connectivity index (χ1n) is 8.27. The normalized spacial score (nSPS) is 10.4. The standard InChI is InChI=1S/C19H23N3O3/c1-4-21(16-8-5-7-14(2)13-16)12-11-20-19(23)17-9-6-10-18(15(17)3)22(24)25/h5-10,13H,4,11-12H2,1-3H3,(H,20,23). The minimum absolute atomic E-state index is 0.0393. The van der Waals surface area contributed by atoms with E-state index in [1.807, 2.05) is 25.1 Å². The molecule has 25 heavy (non-hydrogen) atoms. The second-order valence-corrected chi connectivity index (χ2v) is 5.88. The van der Waals surface area contributed by atoms with Crippen molar-refractivity contribution in [3.63, 3.8) is 0 Å². The van der Waals surface area contributed by atoms with Gasteiger partial charge < -0.3 is 10.2 Å². The molecule has 0 aliphatic heterocycles. The quantitative estimate of drug-likeness (QED) is 0.618. The predicted molar refractivity (Wildman–Crippen MR) is 99.2 cm³/mol. The highest BCUT2D eigenvalue weighted by Gasteiger charge is 2.17. The van der Waals surface area contributed by atoms with Gasteiger partial charge >= 0.3 is 0 Å². The Morgan fingerprint density at radius 1 is 1.20 bits per heavy atom. The maximum absolute atomic E-state index is 12.3. The number of anilines is 1. The molecule has 2 rings (SSSR count). The lowest BCUT2D eigenvalue weighted by atomic mass is 10.1. The first-order valence-corrected chi connectivity index (χ1v) is 8.27. The molecule has 6 heteroatoms. The van der Waals surface area contributed by atoms with E-state index in [1.54, 1.807) is 13.0 Å². The van der Waals surface area contributed by atoms with Crippen molar-refractivity contribution in [2.75, 3.05) is 24.5 Å². The molecule has 2 aromatic carbocycles. The van der Waals surface area contributed by atoms with E-state index in [2.05, 4.69) is 23.2 Å². The minimum Gasteiger partial charge on any atom is -0.370 e. The Morgan fingerprint density at radius 2 is 1.92 bits per heavy atom. The third-order valence-electron chi connectivity index (χ3n) is 4.16. The molecule has 0 aliphatic carbocycles. The fourth-order valence-corrected chi connectivity index (χ4v) is 2.76. The Morgan fingerprint density at radius 3 is 2.56 bits per heavy atom. The number of hydrogen-bond acceptors (Lipinski definition) is 4. The molecule has 6 nitrogen and oxygen atoms in total. The molecule has 1 amide bonds. The van der Waals surface area contributed by atoms with Gasteiger partial charge in [-0.3, -0.25) is 14.9 Å². The molecule has 132 valence electrons. The Balaban J connectivity index is 2.00. The zero-order valence-electron chi connectivity index (χ0n) is 14.8. The highest BCUT2D eigenvalue weighted by Crippen LogP contribution is 2.21. The van der Waals surface area contributed by atoms with E-state index < -0.39 is 4.92 Å². The van der Waals surface area contributed by atoms with Crippen LogP contribution in [-0.4, -0.2) is 30.5 Å². The van der Waals surface area contributed by atoms with Gasteiger partial charge in [0.25, 0.3) is 11.6 Å². The third-order valence-corrected chi connectivity index (χ3v) is 4.16. The van der Waals surface area contributed by atoms with Crippen molar-refractivity contribution in [1.82, 2.24) is 5.32 Å². The summed E-state index contributed by atoms with van der Waals surface area (Å²) in [4.78, 5) is 25.0. The molecular weight excluding hydrogens is 318 g/mol. The third kappa shape index (κ3) is 4.56. The molecule has 0 aliphatic rings. The van der Waals surface area contributed by atoms with Crippen molar-refractivity contribution in [2.45, 2.75) is 20.8 Å². The number of nitro benzene ring substituents is 1. The zero-order valence-corrected chi connectivity index (χ0v) is 14.8. The average molecular weight is 341 g/mol. The average Bonchev–Trinajstić information content (AvgIpc) is 2.58. The van der Waals surface area contributed by atoms with E-state index in [0.29, 0.717) is 24.2 Å². The fraction of sp³-hybridized carbons (Fsp3) is 0.316. The fourth-order valence-electron chi connectivity index (χ4n) is 2.76. The molecule has 0 saturated heterocycles. The lowest BCUT2D eigenvalue weighted by Gasteiger charge is -2.23. The number of likely N-dealkylation sites (N-methyl/N-ethyl adjacent to an activating group) is 1. The summed E-state index contributed by atoms with van der Waals surface area (Å²) in [5, 5.41) is 13.8. The largest absolute Gasteiger partial charge is 0.370 e. The molecule has 0 bridgehead atoms. The summed E-state index contributed by atoms with van der Waals surface area (Å²) < 4.78 is 0. The van der Waals surface area contributed by atoms with Crippen LogP contribution in [0, 0.1) is 24.0 Å². The molecule has 1 N–H and O–H groups in total. The number of amides is 1. The van der Waals surface area contributed by atoms with Crippen LogP contribution in [0.2, 0.25) is 0 Å². The molecule has 0 unspecified atom stereocenters. The summed E-state index contributed by atoms with van der Waals surface area (Å²) in [5.41, 5.74) is 2.99. The summed E-state index contributed by atoms with van der Waals surface area (Å²) in [6.45, 7) is 7.66. The SMILES string of the molecule is CCN(CCNC(=O)c1cccc([N+](=O)[O-])c1C)c1cccc(C)c1. The number of nitrogens with zero attached hydrogens (tertiary/aromatic N) is 2. The summed E-state index contributed by atoms with van der Waals surface area (Å²) >= 11 is 0. The van der Waals surface area contributed by atoms with Crippen LogP contribution < -0.4 is 10.2 Å². The molecule has 0 atom stereocenters. The molecule has 2 aromatic rings. The molecule has 0 spiro atoms. The van der Waals surface area contributed by atoms with Crippen molar-refractivity contribution in [2.24, 2.45) is 0 Å². The molecule has 0 fully saturated rings. The summed E-state index contributed by atoms with van der Waals surface area (Å²) in [6, 6.07) is 12.8. The number of carbonyl (C=O) groups excluding carboxylic acids is 1. The topological polar surface area (TPSA) is 75.5 Å². The Kier molecular flexibility index (Phi) is 6.11. The monoisotopic (exact) mass is 341 g/mol. The van der Waals surface area contributed by atoms with Gasteiger partial charge in [0.2, 0.25) is 0 Å². The van der Waals surface area contributed by atoms with Crippen LogP contribution >= 0.6 is 0 Å². The van der Waals surface area contributed by atoms with Gasteiger partial charge in [-0.1, -0.05) is 18.2 Å². The van der Waals surface area contributed by atoms with Gasteiger partial charge in [-0.2, -0.15) is 0 Å². The van der Waals surface area contributed by atoms with Gasteiger partial charge in [0, 0.05) is 42.5 Å². The van der Waals surface area contributed by atoms with Crippen molar-refractivity contribution in [3.8, 4) is 0 Å². The smallest absolute Gasteiger partial charge is 0.273 e. The second-order valence-electron chi connectivity index (χ2n) is 5.88. The maximum atomic E-state index is 12.3. The van der Waals surface area contributed by atoms with Gasteiger partial charge in [-0.25, -0.2) is 0 Å². The minimum atomic E-state index is -0.470. The molecule has 0 heterocycles. The van der Waals surface area contributed by atoms with Crippen molar-refractivity contribution in [3.05, 3.63) is 69.3 Å². The number of nitro groups is 1. The zero-order chi connectivity index (χ0) is 18.4. The first-order chi connectivity index (χ1) is 11.9. The van der Waals surface area contributed by atoms with Gasteiger partial charge in [-0.15, -0.1) is 0 Å². The lowest BCUT2D eigenvalue weighted by molar-refractivity contribution is -0.385. The highest BCUT2D eigenvalue weighted by atomic mass is 16.6. The number of carbonyl (C=O) groups is 1. The van der Waals surface area contributed by atoms with Gasteiger partial charge in [-0.05, 0) is 44.5 Å². The maximum Gasteiger partial charge on any atom is 0.273 e. The summed E-state index contributed by atoms with van der Waals surface area (Å²) in [7, 11) is 0. The van der Waals surface area contributed by atoms with E-state index in [0.717, 1.165) is 12.2 Å². The number of aryl methyl sites for hydroxylation is 1. The molecule has 0 radical (unpaired) electrons. The van der Waals surface area contributed by atoms with Crippen LogP contribution in [0.15, 0.2) is 42.5 Å².